The summed E-state index contributed by atoms with van der Waals surface area (Å²) in [5.41, 5.74) is 7.79. The molecule has 0 spiro atoms. The summed E-state index contributed by atoms with van der Waals surface area (Å²) in [5, 5.41) is 0. The van der Waals surface area contributed by atoms with Gasteiger partial charge in [0.1, 0.15) is 0 Å². The quantitative estimate of drug-likeness (QED) is 0.877. The Morgan fingerprint density at radius 2 is 1.95 bits per heavy atom. The summed E-state index contributed by atoms with van der Waals surface area (Å²) in [6.45, 7) is 3.34. The molecule has 0 aliphatic rings. The van der Waals surface area contributed by atoms with Gasteiger partial charge in [-0.3, -0.25) is 0 Å². The molecule has 0 saturated heterocycles. The molecule has 0 fully saturated rings. The third kappa shape index (κ3) is 3.27. The van der Waals surface area contributed by atoms with Gasteiger partial charge in [0.05, 0.1) is 6.61 Å². The van der Waals surface area contributed by atoms with Gasteiger partial charge in [0.2, 0.25) is 0 Å². The van der Waals surface area contributed by atoms with Gasteiger partial charge in [-0.05, 0) is 36.2 Å². The smallest absolute Gasteiger partial charge is 0.175 e. The number of ether oxygens (including phenoxy) is 1. The molecule has 0 saturated carbocycles. The van der Waals surface area contributed by atoms with Crippen molar-refractivity contribution >= 4 is 11.5 Å². The van der Waals surface area contributed by atoms with Crippen molar-refractivity contribution in [1.29, 1.82) is 0 Å². The number of aromatic nitrogens is 1. The lowest BCUT2D eigenvalue weighted by atomic mass is 10.2. The first-order chi connectivity index (χ1) is 9.76. The predicted octanol–water partition coefficient (Wildman–Crippen LogP) is 3.10. The maximum Gasteiger partial charge on any atom is 0.175 e. The summed E-state index contributed by atoms with van der Waals surface area (Å²) in [6, 6.07) is 12.0. The Morgan fingerprint density at radius 1 is 1.20 bits per heavy atom. The minimum atomic E-state index is 0.554. The van der Waals surface area contributed by atoms with Crippen LogP contribution in [0, 0.1) is 0 Å². The van der Waals surface area contributed by atoms with Gasteiger partial charge >= 0.3 is 0 Å². The van der Waals surface area contributed by atoms with Crippen molar-refractivity contribution in [2.75, 3.05) is 18.6 Å². The molecule has 2 rings (SSSR count). The van der Waals surface area contributed by atoms with Crippen LogP contribution in [-0.2, 0) is 6.54 Å². The number of pyridine rings is 1. The molecule has 20 heavy (non-hydrogen) atoms. The van der Waals surface area contributed by atoms with Crippen molar-refractivity contribution < 1.29 is 4.74 Å². The van der Waals surface area contributed by atoms with E-state index in [9.17, 15) is 0 Å². The number of anilines is 2. The molecule has 0 aliphatic carbocycles. The molecule has 1 aromatic heterocycles. The number of nitrogens with two attached hydrogens (primary N) is 1. The highest BCUT2D eigenvalue weighted by atomic mass is 16.5. The van der Waals surface area contributed by atoms with Crippen LogP contribution in [0.5, 0.6) is 5.75 Å². The van der Waals surface area contributed by atoms with Crippen LogP contribution in [-0.4, -0.2) is 18.6 Å². The standard InChI is InChI=1S/C16H21N3O/c1-3-11-20-15-5-4-10-18-16(15)19(2)14-8-6-13(12-17)7-9-14/h4-10H,3,11-12,17H2,1-2H3. The minimum Gasteiger partial charge on any atom is -0.490 e. The second kappa shape index (κ2) is 6.91. The van der Waals surface area contributed by atoms with Crippen molar-refractivity contribution in [2.45, 2.75) is 19.9 Å². The molecule has 0 aliphatic heterocycles. The van der Waals surface area contributed by atoms with E-state index < -0.39 is 0 Å². The fraction of sp³-hybridized carbons (Fsp3) is 0.312. The Labute approximate surface area is 120 Å². The van der Waals surface area contributed by atoms with Gasteiger partial charge in [0.15, 0.2) is 11.6 Å². The van der Waals surface area contributed by atoms with Crippen LogP contribution in [0.3, 0.4) is 0 Å². The summed E-state index contributed by atoms with van der Waals surface area (Å²) in [4.78, 5) is 6.45. The first kappa shape index (κ1) is 14.3. The SMILES string of the molecule is CCCOc1cccnc1N(C)c1ccc(CN)cc1. The molecule has 2 N–H and O–H groups in total. The van der Waals surface area contributed by atoms with Gasteiger partial charge in [0.25, 0.3) is 0 Å². The van der Waals surface area contributed by atoms with Crippen molar-refractivity contribution in [3.63, 3.8) is 0 Å². The molecule has 4 heteroatoms. The molecule has 106 valence electrons. The van der Waals surface area contributed by atoms with Crippen LogP contribution in [0.4, 0.5) is 11.5 Å². The maximum absolute atomic E-state index is 5.75. The second-order valence-corrected chi connectivity index (χ2v) is 4.60. The average molecular weight is 271 g/mol. The number of nitrogens with zero attached hydrogens (tertiary/aromatic N) is 2. The van der Waals surface area contributed by atoms with Gasteiger partial charge in [-0.15, -0.1) is 0 Å². The Kier molecular flexibility index (Phi) is 4.96. The fourth-order valence-electron chi connectivity index (χ4n) is 1.94. The predicted molar refractivity (Wildman–Crippen MR) is 82.4 cm³/mol. The highest BCUT2D eigenvalue weighted by Crippen LogP contribution is 2.30. The van der Waals surface area contributed by atoms with E-state index in [0.717, 1.165) is 29.2 Å². The molecule has 0 amide bonds. The average Bonchev–Trinajstić information content (AvgIpc) is 2.52. The Balaban J connectivity index is 2.24. The van der Waals surface area contributed by atoms with Gasteiger partial charge in [-0.25, -0.2) is 4.98 Å². The molecule has 0 atom stereocenters. The number of hydrogen-bond donors (Lipinski definition) is 1. The number of benzene rings is 1. The lowest BCUT2D eigenvalue weighted by molar-refractivity contribution is 0.317. The number of hydrogen-bond acceptors (Lipinski definition) is 4. The molecule has 0 unspecified atom stereocenters. The zero-order valence-electron chi connectivity index (χ0n) is 12.0. The Morgan fingerprint density at radius 3 is 2.60 bits per heavy atom. The Hall–Kier alpha value is -2.07. The third-order valence-corrected chi connectivity index (χ3v) is 3.09. The molecular weight excluding hydrogens is 250 g/mol. The molecule has 4 nitrogen and oxygen atoms in total. The highest BCUT2D eigenvalue weighted by Gasteiger charge is 2.11. The molecule has 0 bridgehead atoms. The van der Waals surface area contributed by atoms with Crippen LogP contribution < -0.4 is 15.4 Å². The summed E-state index contributed by atoms with van der Waals surface area (Å²) < 4.78 is 5.75. The summed E-state index contributed by atoms with van der Waals surface area (Å²) in [6.07, 6.45) is 2.75. The number of rotatable bonds is 6. The normalized spacial score (nSPS) is 10.3. The van der Waals surface area contributed by atoms with Crippen molar-refractivity contribution in [2.24, 2.45) is 5.73 Å². The van der Waals surface area contributed by atoms with Gasteiger partial charge < -0.3 is 15.4 Å². The van der Waals surface area contributed by atoms with Crippen LogP contribution in [0.15, 0.2) is 42.6 Å². The van der Waals surface area contributed by atoms with Gasteiger partial charge in [-0.2, -0.15) is 0 Å². The first-order valence-electron chi connectivity index (χ1n) is 6.86. The summed E-state index contributed by atoms with van der Waals surface area (Å²) in [7, 11) is 1.98. The molecule has 2 aromatic rings. The van der Waals surface area contributed by atoms with Crippen LogP contribution in [0.25, 0.3) is 0 Å². The van der Waals surface area contributed by atoms with Crippen molar-refractivity contribution in [3.05, 3.63) is 48.2 Å². The molecule has 1 aromatic carbocycles. The second-order valence-electron chi connectivity index (χ2n) is 4.60. The van der Waals surface area contributed by atoms with Crippen molar-refractivity contribution in [1.82, 2.24) is 4.98 Å². The fourth-order valence-corrected chi connectivity index (χ4v) is 1.94. The summed E-state index contributed by atoms with van der Waals surface area (Å²) in [5.74, 6) is 1.63. The van der Waals surface area contributed by atoms with E-state index in [0.29, 0.717) is 13.2 Å². The zero-order valence-corrected chi connectivity index (χ0v) is 12.0. The van der Waals surface area contributed by atoms with Gasteiger partial charge in [0, 0.05) is 25.5 Å². The van der Waals surface area contributed by atoms with Crippen LogP contribution in [0.1, 0.15) is 18.9 Å². The van der Waals surface area contributed by atoms with Crippen molar-refractivity contribution in [3.8, 4) is 5.75 Å². The van der Waals surface area contributed by atoms with Crippen LogP contribution >= 0.6 is 0 Å². The third-order valence-electron chi connectivity index (χ3n) is 3.09. The molecular formula is C16H21N3O. The first-order valence-corrected chi connectivity index (χ1v) is 6.86. The van der Waals surface area contributed by atoms with E-state index in [1.165, 1.54) is 0 Å². The molecule has 0 radical (unpaired) electrons. The van der Waals surface area contributed by atoms with E-state index in [2.05, 4.69) is 11.9 Å². The highest BCUT2D eigenvalue weighted by molar-refractivity contribution is 5.64. The summed E-state index contributed by atoms with van der Waals surface area (Å²) >= 11 is 0. The van der Waals surface area contributed by atoms with Gasteiger partial charge in [-0.1, -0.05) is 19.1 Å². The van der Waals surface area contributed by atoms with E-state index >= 15 is 0 Å². The van der Waals surface area contributed by atoms with Crippen LogP contribution in [0.2, 0.25) is 0 Å². The minimum absolute atomic E-state index is 0.554. The van der Waals surface area contributed by atoms with E-state index in [-0.39, 0.29) is 0 Å². The molecule has 1 heterocycles. The van der Waals surface area contributed by atoms with E-state index in [1.807, 2.05) is 48.3 Å². The van der Waals surface area contributed by atoms with E-state index in [4.69, 9.17) is 10.5 Å². The zero-order chi connectivity index (χ0) is 14.4. The largest absolute Gasteiger partial charge is 0.490 e. The lowest BCUT2D eigenvalue weighted by Gasteiger charge is -2.21. The topological polar surface area (TPSA) is 51.4 Å². The lowest BCUT2D eigenvalue weighted by Crippen LogP contribution is -2.13. The maximum atomic E-state index is 5.75. The Bertz CT molecular complexity index is 540. The monoisotopic (exact) mass is 271 g/mol. The van der Waals surface area contributed by atoms with E-state index in [1.54, 1.807) is 6.20 Å².